The third-order valence-electron chi connectivity index (χ3n) is 3.75. The maximum atomic E-state index is 5.65. The number of hydrogen-bond donors (Lipinski definition) is 1. The molecule has 94 valence electrons. The van der Waals surface area contributed by atoms with E-state index in [4.69, 9.17) is 5.73 Å². The van der Waals surface area contributed by atoms with Crippen molar-refractivity contribution >= 4 is 21.6 Å². The summed E-state index contributed by atoms with van der Waals surface area (Å²) in [6.07, 6.45) is 6.78. The van der Waals surface area contributed by atoms with Crippen molar-refractivity contribution in [3.8, 4) is 0 Å². The second kappa shape index (κ2) is 5.87. The van der Waals surface area contributed by atoms with Crippen molar-refractivity contribution in [2.45, 2.75) is 44.7 Å². The smallest absolute Gasteiger partial charge is 0.0510 e. The van der Waals surface area contributed by atoms with Gasteiger partial charge in [0.1, 0.15) is 0 Å². The van der Waals surface area contributed by atoms with Crippen molar-refractivity contribution in [3.05, 3.63) is 28.2 Å². The van der Waals surface area contributed by atoms with Gasteiger partial charge in [0.15, 0.2) is 0 Å². The monoisotopic (exact) mass is 296 g/mol. The van der Waals surface area contributed by atoms with Crippen LogP contribution in [0.2, 0.25) is 0 Å². The minimum absolute atomic E-state index is 0.603. The summed E-state index contributed by atoms with van der Waals surface area (Å²) in [7, 11) is 2.21. The van der Waals surface area contributed by atoms with E-state index in [1.807, 2.05) is 0 Å². The molecule has 0 aromatic heterocycles. The van der Waals surface area contributed by atoms with E-state index < -0.39 is 0 Å². The van der Waals surface area contributed by atoms with Crippen LogP contribution in [0, 0.1) is 0 Å². The third kappa shape index (κ3) is 3.02. The quantitative estimate of drug-likeness (QED) is 0.922. The fourth-order valence-electron chi connectivity index (χ4n) is 2.63. The first-order valence-electron chi connectivity index (χ1n) is 6.43. The van der Waals surface area contributed by atoms with E-state index >= 15 is 0 Å². The lowest BCUT2D eigenvalue weighted by Gasteiger charge is -2.33. The summed E-state index contributed by atoms with van der Waals surface area (Å²) < 4.78 is 1.16. The lowest BCUT2D eigenvalue weighted by atomic mass is 9.94. The summed E-state index contributed by atoms with van der Waals surface area (Å²) in [5.74, 6) is 0. The van der Waals surface area contributed by atoms with Crippen LogP contribution >= 0.6 is 15.9 Å². The molecule has 1 aliphatic carbocycles. The van der Waals surface area contributed by atoms with Gasteiger partial charge < -0.3 is 10.6 Å². The van der Waals surface area contributed by atoms with E-state index in [1.54, 1.807) is 0 Å². The van der Waals surface area contributed by atoms with E-state index in [0.717, 1.165) is 4.47 Å². The molecule has 1 aliphatic rings. The molecule has 1 aromatic rings. The normalized spacial score (nSPS) is 17.1. The zero-order chi connectivity index (χ0) is 12.3. The maximum Gasteiger partial charge on any atom is 0.0510 e. The van der Waals surface area contributed by atoms with Gasteiger partial charge >= 0.3 is 0 Å². The van der Waals surface area contributed by atoms with Crippen molar-refractivity contribution in [1.29, 1.82) is 0 Å². The fraction of sp³-hybridized carbons (Fsp3) is 0.571. The minimum atomic E-state index is 0.603. The van der Waals surface area contributed by atoms with Crippen molar-refractivity contribution in [1.82, 2.24) is 0 Å². The molecule has 2 rings (SSSR count). The van der Waals surface area contributed by atoms with Crippen LogP contribution in [0.1, 0.15) is 37.7 Å². The summed E-state index contributed by atoms with van der Waals surface area (Å²) >= 11 is 3.66. The van der Waals surface area contributed by atoms with Crippen LogP contribution in [0.15, 0.2) is 22.7 Å². The Morgan fingerprint density at radius 2 is 2.00 bits per heavy atom. The average Bonchev–Trinajstić information content (AvgIpc) is 2.39. The minimum Gasteiger partial charge on any atom is -0.371 e. The molecule has 17 heavy (non-hydrogen) atoms. The highest BCUT2D eigenvalue weighted by Crippen LogP contribution is 2.31. The first kappa shape index (κ1) is 12.9. The van der Waals surface area contributed by atoms with Crippen molar-refractivity contribution in [2.24, 2.45) is 5.73 Å². The van der Waals surface area contributed by atoms with Crippen LogP contribution in [0.4, 0.5) is 5.69 Å². The zero-order valence-electron chi connectivity index (χ0n) is 10.5. The number of halogens is 1. The van der Waals surface area contributed by atoms with Gasteiger partial charge in [-0.15, -0.1) is 0 Å². The lowest BCUT2D eigenvalue weighted by molar-refractivity contribution is 0.427. The first-order valence-corrected chi connectivity index (χ1v) is 7.23. The largest absolute Gasteiger partial charge is 0.371 e. The molecule has 2 nitrogen and oxygen atoms in total. The number of nitrogens with two attached hydrogens (primary N) is 1. The molecule has 0 atom stereocenters. The van der Waals surface area contributed by atoms with E-state index in [2.05, 4.69) is 46.1 Å². The molecule has 1 saturated carbocycles. The third-order valence-corrected chi connectivity index (χ3v) is 4.39. The molecule has 1 fully saturated rings. The Labute approximate surface area is 112 Å². The van der Waals surface area contributed by atoms with Crippen LogP contribution in [0.25, 0.3) is 0 Å². The zero-order valence-corrected chi connectivity index (χ0v) is 12.0. The maximum absolute atomic E-state index is 5.65. The molecular weight excluding hydrogens is 276 g/mol. The molecule has 0 amide bonds. The average molecular weight is 297 g/mol. The van der Waals surface area contributed by atoms with E-state index in [0.29, 0.717) is 12.6 Å². The standard InChI is InChI=1S/C14H21BrN2/c1-17(12-5-3-2-4-6-12)14-8-7-11(10-16)9-13(14)15/h7-9,12H,2-6,10,16H2,1H3. The van der Waals surface area contributed by atoms with Crippen molar-refractivity contribution < 1.29 is 0 Å². The molecule has 0 bridgehead atoms. The molecule has 2 N–H and O–H groups in total. The van der Waals surface area contributed by atoms with Gasteiger partial charge in [0.2, 0.25) is 0 Å². The predicted molar refractivity (Wildman–Crippen MR) is 77.3 cm³/mol. The molecule has 0 heterocycles. The molecule has 3 heteroatoms. The Hall–Kier alpha value is -0.540. The summed E-state index contributed by atoms with van der Waals surface area (Å²) in [5.41, 5.74) is 8.12. The van der Waals surface area contributed by atoms with Crippen molar-refractivity contribution in [2.75, 3.05) is 11.9 Å². The number of hydrogen-bond acceptors (Lipinski definition) is 2. The lowest BCUT2D eigenvalue weighted by Crippen LogP contribution is -2.33. The van der Waals surface area contributed by atoms with Crippen LogP contribution in [0.3, 0.4) is 0 Å². The van der Waals surface area contributed by atoms with Crippen LogP contribution in [-0.2, 0) is 6.54 Å². The molecule has 0 unspecified atom stereocenters. The van der Waals surface area contributed by atoms with Crippen LogP contribution in [-0.4, -0.2) is 13.1 Å². The number of benzene rings is 1. The summed E-state index contributed by atoms with van der Waals surface area (Å²) in [4.78, 5) is 2.42. The Balaban J connectivity index is 2.15. The molecule has 1 aromatic carbocycles. The summed E-state index contributed by atoms with van der Waals surface area (Å²) in [6, 6.07) is 7.14. The Kier molecular flexibility index (Phi) is 4.46. The van der Waals surface area contributed by atoms with Gasteiger partial charge in [-0.25, -0.2) is 0 Å². The predicted octanol–water partition coefficient (Wildman–Crippen LogP) is 3.68. The van der Waals surface area contributed by atoms with Gasteiger partial charge in [-0.2, -0.15) is 0 Å². The van der Waals surface area contributed by atoms with Gasteiger partial charge in [-0.1, -0.05) is 25.3 Å². The molecular formula is C14H21BrN2. The Morgan fingerprint density at radius 3 is 2.59 bits per heavy atom. The van der Waals surface area contributed by atoms with Gasteiger partial charge in [0.05, 0.1) is 5.69 Å². The van der Waals surface area contributed by atoms with Crippen molar-refractivity contribution in [3.63, 3.8) is 0 Å². The Bertz CT molecular complexity index is 372. The molecule has 0 spiro atoms. The van der Waals surface area contributed by atoms with Gasteiger partial charge in [-0.3, -0.25) is 0 Å². The van der Waals surface area contributed by atoms with Crippen LogP contribution < -0.4 is 10.6 Å². The van der Waals surface area contributed by atoms with Gasteiger partial charge in [0, 0.05) is 24.1 Å². The highest BCUT2D eigenvalue weighted by Gasteiger charge is 2.19. The first-order chi connectivity index (χ1) is 8.22. The fourth-order valence-corrected chi connectivity index (χ4v) is 3.33. The molecule has 0 saturated heterocycles. The second-order valence-corrected chi connectivity index (χ2v) is 5.75. The highest BCUT2D eigenvalue weighted by atomic mass is 79.9. The van der Waals surface area contributed by atoms with E-state index in [-0.39, 0.29) is 0 Å². The number of nitrogens with zero attached hydrogens (tertiary/aromatic N) is 1. The number of anilines is 1. The van der Waals surface area contributed by atoms with Crippen LogP contribution in [0.5, 0.6) is 0 Å². The van der Waals surface area contributed by atoms with E-state index in [9.17, 15) is 0 Å². The topological polar surface area (TPSA) is 29.3 Å². The Morgan fingerprint density at radius 1 is 1.29 bits per heavy atom. The second-order valence-electron chi connectivity index (χ2n) is 4.89. The number of rotatable bonds is 3. The molecule has 0 aliphatic heterocycles. The SMILES string of the molecule is CN(c1ccc(CN)cc1Br)C1CCCCC1. The highest BCUT2D eigenvalue weighted by molar-refractivity contribution is 9.10. The van der Waals surface area contributed by atoms with Gasteiger partial charge in [0.25, 0.3) is 0 Å². The summed E-state index contributed by atoms with van der Waals surface area (Å²) in [5, 5.41) is 0. The van der Waals surface area contributed by atoms with E-state index in [1.165, 1.54) is 43.4 Å². The summed E-state index contributed by atoms with van der Waals surface area (Å²) in [6.45, 7) is 0.603. The van der Waals surface area contributed by atoms with Gasteiger partial charge in [-0.05, 0) is 46.5 Å². The molecule has 0 radical (unpaired) electrons.